The number of carboxylic acids is 1. The fourth-order valence-electron chi connectivity index (χ4n) is 1.86. The van der Waals surface area contributed by atoms with Crippen LogP contribution in [0.15, 0.2) is 36.7 Å². The summed E-state index contributed by atoms with van der Waals surface area (Å²) in [7, 11) is 0. The van der Waals surface area contributed by atoms with Crippen LogP contribution < -0.4 is 0 Å². The van der Waals surface area contributed by atoms with Gasteiger partial charge in [0.25, 0.3) is 5.91 Å². The molecule has 1 amide bonds. The maximum atomic E-state index is 12.4. The van der Waals surface area contributed by atoms with E-state index in [4.69, 9.17) is 10.4 Å². The first-order valence-electron chi connectivity index (χ1n) is 6.10. The summed E-state index contributed by atoms with van der Waals surface area (Å²) in [5.74, 6) is -1.87. The van der Waals surface area contributed by atoms with E-state index >= 15 is 0 Å². The summed E-state index contributed by atoms with van der Waals surface area (Å²) in [6.45, 7) is 0.0544. The summed E-state index contributed by atoms with van der Waals surface area (Å²) in [5, 5.41) is 17.8. The number of hydrogen-bond donors (Lipinski definition) is 2. The first-order chi connectivity index (χ1) is 10.1. The van der Waals surface area contributed by atoms with Crippen LogP contribution in [0.4, 0.5) is 0 Å². The molecule has 106 valence electrons. The van der Waals surface area contributed by atoms with Crippen LogP contribution in [-0.2, 0) is 6.54 Å². The number of benzene rings is 1. The number of H-pyrrole nitrogens is 1. The highest BCUT2D eigenvalue weighted by molar-refractivity contribution is 6.02. The fourth-order valence-corrected chi connectivity index (χ4v) is 1.86. The van der Waals surface area contributed by atoms with Crippen molar-refractivity contribution in [3.63, 3.8) is 0 Å². The molecule has 0 fully saturated rings. The number of aromatic carboxylic acids is 1. The van der Waals surface area contributed by atoms with Crippen molar-refractivity contribution in [2.45, 2.75) is 6.54 Å². The number of rotatable bonds is 5. The average Bonchev–Trinajstić information content (AvgIpc) is 2.97. The molecule has 7 nitrogen and oxygen atoms in total. The molecule has 0 atom stereocenters. The Bertz CT molecular complexity index is 688. The Balaban J connectivity index is 2.26. The molecule has 7 heteroatoms. The maximum Gasteiger partial charge on any atom is 0.354 e. The number of imidazole rings is 1. The van der Waals surface area contributed by atoms with Crippen molar-refractivity contribution in [2.75, 3.05) is 6.54 Å². The third kappa shape index (κ3) is 3.25. The SMILES string of the molecule is N#CCN(Cc1ccccc1)C(=O)c1nc[nH]c1C(=O)O. The molecule has 1 aromatic carbocycles. The van der Waals surface area contributed by atoms with Gasteiger partial charge < -0.3 is 15.0 Å². The molecule has 0 aliphatic rings. The van der Waals surface area contributed by atoms with Gasteiger partial charge in [0.05, 0.1) is 12.4 Å². The molecule has 2 rings (SSSR count). The lowest BCUT2D eigenvalue weighted by molar-refractivity contribution is 0.0670. The Morgan fingerprint density at radius 3 is 2.67 bits per heavy atom. The lowest BCUT2D eigenvalue weighted by atomic mass is 10.2. The number of carbonyl (C=O) groups excluding carboxylic acids is 1. The molecule has 1 heterocycles. The molecule has 0 aliphatic carbocycles. The molecule has 21 heavy (non-hydrogen) atoms. The molecule has 0 bridgehead atoms. The van der Waals surface area contributed by atoms with Gasteiger partial charge in [-0.1, -0.05) is 30.3 Å². The van der Waals surface area contributed by atoms with E-state index in [0.717, 1.165) is 11.9 Å². The second kappa shape index (κ2) is 6.34. The van der Waals surface area contributed by atoms with E-state index in [-0.39, 0.29) is 24.5 Å². The van der Waals surface area contributed by atoms with Gasteiger partial charge in [0, 0.05) is 6.54 Å². The average molecular weight is 284 g/mol. The summed E-state index contributed by atoms with van der Waals surface area (Å²) in [5.41, 5.74) is 0.359. The van der Waals surface area contributed by atoms with E-state index in [1.165, 1.54) is 4.90 Å². The summed E-state index contributed by atoms with van der Waals surface area (Å²) < 4.78 is 0. The zero-order valence-electron chi connectivity index (χ0n) is 11.0. The molecule has 0 unspecified atom stereocenters. The lowest BCUT2D eigenvalue weighted by Crippen LogP contribution is -2.32. The number of nitriles is 1. The number of aromatic amines is 1. The van der Waals surface area contributed by atoms with Gasteiger partial charge in [-0.3, -0.25) is 4.79 Å². The van der Waals surface area contributed by atoms with Crippen molar-refractivity contribution in [2.24, 2.45) is 0 Å². The highest BCUT2D eigenvalue weighted by Crippen LogP contribution is 2.11. The largest absolute Gasteiger partial charge is 0.477 e. The molecule has 2 aromatic rings. The van der Waals surface area contributed by atoms with Crippen LogP contribution in [0.3, 0.4) is 0 Å². The lowest BCUT2D eigenvalue weighted by Gasteiger charge is -2.18. The molecule has 2 N–H and O–H groups in total. The van der Waals surface area contributed by atoms with Gasteiger partial charge in [-0.15, -0.1) is 0 Å². The van der Waals surface area contributed by atoms with Crippen LogP contribution in [0.2, 0.25) is 0 Å². The second-order valence-corrected chi connectivity index (χ2v) is 4.24. The van der Waals surface area contributed by atoms with Crippen LogP contribution in [0.1, 0.15) is 26.5 Å². The Morgan fingerprint density at radius 1 is 1.33 bits per heavy atom. The Kier molecular flexibility index (Phi) is 4.31. The summed E-state index contributed by atoms with van der Waals surface area (Å²) in [6.07, 6.45) is 1.14. The third-order valence-corrected chi connectivity index (χ3v) is 2.82. The van der Waals surface area contributed by atoms with Crippen LogP contribution in [0.5, 0.6) is 0 Å². The minimum Gasteiger partial charge on any atom is -0.477 e. The van der Waals surface area contributed by atoms with Crippen LogP contribution in [0.25, 0.3) is 0 Å². The normalized spacial score (nSPS) is 9.86. The number of amides is 1. The zero-order chi connectivity index (χ0) is 15.2. The molecule has 0 aliphatic heterocycles. The van der Waals surface area contributed by atoms with E-state index in [0.29, 0.717) is 0 Å². The highest BCUT2D eigenvalue weighted by atomic mass is 16.4. The van der Waals surface area contributed by atoms with Crippen molar-refractivity contribution in [3.05, 3.63) is 53.6 Å². The summed E-state index contributed by atoms with van der Waals surface area (Å²) in [6, 6.07) is 11.0. The first-order valence-corrected chi connectivity index (χ1v) is 6.10. The van der Waals surface area contributed by atoms with Crippen molar-refractivity contribution in [1.29, 1.82) is 5.26 Å². The minimum atomic E-state index is -1.27. The maximum absolute atomic E-state index is 12.4. The van der Waals surface area contributed by atoms with Gasteiger partial charge in [-0.2, -0.15) is 5.26 Å². The predicted octanol–water partition coefficient (Wildman–Crippen LogP) is 1.27. The summed E-state index contributed by atoms with van der Waals surface area (Å²) >= 11 is 0. The first kappa shape index (κ1) is 14.3. The van der Waals surface area contributed by atoms with Gasteiger partial charge in [0.1, 0.15) is 6.54 Å². The van der Waals surface area contributed by atoms with E-state index in [1.54, 1.807) is 0 Å². The van der Waals surface area contributed by atoms with E-state index in [9.17, 15) is 9.59 Å². The number of nitrogens with zero attached hydrogens (tertiary/aromatic N) is 3. The smallest absolute Gasteiger partial charge is 0.354 e. The molecular formula is C14H12N4O3. The van der Waals surface area contributed by atoms with Crippen LogP contribution in [0, 0.1) is 11.3 Å². The monoisotopic (exact) mass is 284 g/mol. The topological polar surface area (TPSA) is 110 Å². The molecule has 1 aromatic heterocycles. The number of nitrogens with one attached hydrogen (secondary N) is 1. The predicted molar refractivity (Wildman–Crippen MR) is 72.3 cm³/mol. The van der Waals surface area contributed by atoms with Gasteiger partial charge in [-0.05, 0) is 5.56 Å². The van der Waals surface area contributed by atoms with E-state index < -0.39 is 11.9 Å². The number of carbonyl (C=O) groups is 2. The van der Waals surface area contributed by atoms with Crippen molar-refractivity contribution < 1.29 is 14.7 Å². The van der Waals surface area contributed by atoms with Crippen molar-refractivity contribution in [3.8, 4) is 6.07 Å². The Hall–Kier alpha value is -3.14. The molecule has 0 saturated heterocycles. The van der Waals surface area contributed by atoms with Gasteiger partial charge in [0.2, 0.25) is 0 Å². The molecular weight excluding hydrogens is 272 g/mol. The minimum absolute atomic E-state index is 0.153. The van der Waals surface area contributed by atoms with E-state index in [1.807, 2.05) is 36.4 Å². The fraction of sp³-hybridized carbons (Fsp3) is 0.143. The third-order valence-electron chi connectivity index (χ3n) is 2.82. The molecule has 0 radical (unpaired) electrons. The summed E-state index contributed by atoms with van der Waals surface area (Å²) in [4.78, 5) is 30.8. The Morgan fingerprint density at radius 2 is 2.05 bits per heavy atom. The second-order valence-electron chi connectivity index (χ2n) is 4.24. The Labute approximate surface area is 120 Å². The number of carboxylic acid groups (broad SMARTS) is 1. The number of aromatic nitrogens is 2. The van der Waals surface area contributed by atoms with Crippen LogP contribution >= 0.6 is 0 Å². The number of hydrogen-bond acceptors (Lipinski definition) is 4. The quantitative estimate of drug-likeness (QED) is 0.803. The molecule has 0 spiro atoms. The van der Waals surface area contributed by atoms with Gasteiger partial charge in [0.15, 0.2) is 11.4 Å². The van der Waals surface area contributed by atoms with Crippen molar-refractivity contribution >= 4 is 11.9 Å². The van der Waals surface area contributed by atoms with E-state index in [2.05, 4.69) is 9.97 Å². The van der Waals surface area contributed by atoms with Gasteiger partial charge >= 0.3 is 5.97 Å². The molecule has 0 saturated carbocycles. The standard InChI is InChI=1S/C14H12N4O3/c15-6-7-18(8-10-4-2-1-3-5-10)13(19)11-12(14(20)21)17-9-16-11/h1-5,9H,7-8H2,(H,16,17)(H,20,21). The zero-order valence-corrected chi connectivity index (χ0v) is 11.0. The van der Waals surface area contributed by atoms with Crippen LogP contribution in [-0.4, -0.2) is 38.4 Å². The van der Waals surface area contributed by atoms with Gasteiger partial charge in [-0.25, -0.2) is 9.78 Å². The van der Waals surface area contributed by atoms with Crippen molar-refractivity contribution in [1.82, 2.24) is 14.9 Å². The highest BCUT2D eigenvalue weighted by Gasteiger charge is 2.24.